The minimum absolute atomic E-state index is 0.00463. The Labute approximate surface area is 88.0 Å². The molecule has 0 heterocycles. The van der Waals surface area contributed by atoms with Gasteiger partial charge in [-0.3, -0.25) is 4.79 Å². The molecule has 0 spiro atoms. The molecule has 0 saturated carbocycles. The van der Waals surface area contributed by atoms with Crippen molar-refractivity contribution in [3.8, 4) is 0 Å². The molecule has 1 unspecified atom stereocenters. The SMILES string of the molecule is CCCC(CC)C(=O)OCCC(C)C. The Morgan fingerprint density at radius 3 is 2.29 bits per heavy atom. The third-order valence-electron chi connectivity index (χ3n) is 2.40. The highest BCUT2D eigenvalue weighted by Gasteiger charge is 2.16. The Kier molecular flexibility index (Phi) is 7.54. The van der Waals surface area contributed by atoms with Crippen molar-refractivity contribution in [2.45, 2.75) is 53.4 Å². The molecular weight excluding hydrogens is 176 g/mol. The fourth-order valence-corrected chi connectivity index (χ4v) is 1.35. The van der Waals surface area contributed by atoms with Crippen LogP contribution in [0.1, 0.15) is 53.4 Å². The summed E-state index contributed by atoms with van der Waals surface area (Å²) in [6.07, 6.45) is 3.87. The first-order chi connectivity index (χ1) is 6.61. The van der Waals surface area contributed by atoms with Crippen molar-refractivity contribution in [3.05, 3.63) is 0 Å². The highest BCUT2D eigenvalue weighted by Crippen LogP contribution is 2.13. The normalized spacial score (nSPS) is 12.9. The molecule has 0 amide bonds. The number of hydrogen-bond donors (Lipinski definition) is 0. The maximum atomic E-state index is 11.5. The second-order valence-corrected chi connectivity index (χ2v) is 4.24. The zero-order valence-electron chi connectivity index (χ0n) is 10.0. The van der Waals surface area contributed by atoms with Gasteiger partial charge in [0.05, 0.1) is 12.5 Å². The van der Waals surface area contributed by atoms with E-state index in [2.05, 4.69) is 20.8 Å². The molecule has 2 nitrogen and oxygen atoms in total. The van der Waals surface area contributed by atoms with E-state index in [1.807, 2.05) is 6.92 Å². The maximum absolute atomic E-state index is 11.5. The fourth-order valence-electron chi connectivity index (χ4n) is 1.35. The number of esters is 1. The van der Waals surface area contributed by atoms with Crippen LogP contribution in [0.2, 0.25) is 0 Å². The van der Waals surface area contributed by atoms with Gasteiger partial charge in [-0.1, -0.05) is 34.1 Å². The zero-order valence-corrected chi connectivity index (χ0v) is 10.0. The van der Waals surface area contributed by atoms with Crippen LogP contribution >= 0.6 is 0 Å². The predicted molar refractivity (Wildman–Crippen MR) is 59.1 cm³/mol. The minimum atomic E-state index is -0.00463. The summed E-state index contributed by atoms with van der Waals surface area (Å²) < 4.78 is 5.22. The van der Waals surface area contributed by atoms with Crippen molar-refractivity contribution in [1.82, 2.24) is 0 Å². The fraction of sp³-hybridized carbons (Fsp3) is 0.917. The van der Waals surface area contributed by atoms with E-state index in [0.29, 0.717) is 12.5 Å². The third kappa shape index (κ3) is 6.01. The maximum Gasteiger partial charge on any atom is 0.308 e. The number of hydrogen-bond acceptors (Lipinski definition) is 2. The van der Waals surface area contributed by atoms with Gasteiger partial charge in [0.15, 0.2) is 0 Å². The van der Waals surface area contributed by atoms with Gasteiger partial charge < -0.3 is 4.74 Å². The Hall–Kier alpha value is -0.530. The van der Waals surface area contributed by atoms with Crippen molar-refractivity contribution >= 4 is 5.97 Å². The van der Waals surface area contributed by atoms with Crippen LogP contribution in [0.4, 0.5) is 0 Å². The molecule has 0 aromatic rings. The average molecular weight is 200 g/mol. The highest BCUT2D eigenvalue weighted by atomic mass is 16.5. The number of ether oxygens (including phenoxy) is 1. The lowest BCUT2D eigenvalue weighted by molar-refractivity contribution is -0.149. The van der Waals surface area contributed by atoms with E-state index in [9.17, 15) is 4.79 Å². The predicted octanol–water partition coefficient (Wildman–Crippen LogP) is 3.40. The summed E-state index contributed by atoms with van der Waals surface area (Å²) in [5, 5.41) is 0. The molecule has 0 aromatic heterocycles. The van der Waals surface area contributed by atoms with Gasteiger partial charge in [0.25, 0.3) is 0 Å². The molecule has 0 aromatic carbocycles. The Bertz CT molecular complexity index is 152. The molecule has 0 bridgehead atoms. The van der Waals surface area contributed by atoms with Gasteiger partial charge in [-0.15, -0.1) is 0 Å². The molecule has 0 N–H and O–H groups in total. The molecular formula is C12H24O2. The van der Waals surface area contributed by atoms with E-state index >= 15 is 0 Å². The van der Waals surface area contributed by atoms with Gasteiger partial charge in [0.2, 0.25) is 0 Å². The van der Waals surface area contributed by atoms with Crippen LogP contribution in [-0.4, -0.2) is 12.6 Å². The van der Waals surface area contributed by atoms with Crippen LogP contribution in [0.15, 0.2) is 0 Å². The van der Waals surface area contributed by atoms with E-state index in [1.54, 1.807) is 0 Å². The molecule has 0 aliphatic rings. The van der Waals surface area contributed by atoms with Crippen molar-refractivity contribution < 1.29 is 9.53 Å². The van der Waals surface area contributed by atoms with E-state index in [0.717, 1.165) is 25.7 Å². The lowest BCUT2D eigenvalue weighted by Gasteiger charge is -2.13. The largest absolute Gasteiger partial charge is 0.465 e. The average Bonchev–Trinajstić information content (AvgIpc) is 2.13. The van der Waals surface area contributed by atoms with Gasteiger partial charge in [0, 0.05) is 0 Å². The Morgan fingerprint density at radius 1 is 1.21 bits per heavy atom. The monoisotopic (exact) mass is 200 g/mol. The van der Waals surface area contributed by atoms with Gasteiger partial charge in [-0.2, -0.15) is 0 Å². The second kappa shape index (κ2) is 7.84. The first-order valence-electron chi connectivity index (χ1n) is 5.78. The topological polar surface area (TPSA) is 26.3 Å². The number of carbonyl (C=O) groups excluding carboxylic acids is 1. The van der Waals surface area contributed by atoms with Gasteiger partial charge in [-0.05, 0) is 25.2 Å². The molecule has 0 aliphatic heterocycles. The first-order valence-corrected chi connectivity index (χ1v) is 5.78. The third-order valence-corrected chi connectivity index (χ3v) is 2.40. The summed E-state index contributed by atoms with van der Waals surface area (Å²) in [6, 6.07) is 0. The van der Waals surface area contributed by atoms with Gasteiger partial charge in [0.1, 0.15) is 0 Å². The van der Waals surface area contributed by atoms with Crippen LogP contribution in [-0.2, 0) is 9.53 Å². The summed E-state index contributed by atoms with van der Waals surface area (Å²) in [6.45, 7) is 9.00. The first kappa shape index (κ1) is 13.5. The second-order valence-electron chi connectivity index (χ2n) is 4.24. The number of carbonyl (C=O) groups is 1. The molecule has 1 atom stereocenters. The summed E-state index contributed by atoms with van der Waals surface area (Å²) in [4.78, 5) is 11.5. The van der Waals surface area contributed by atoms with E-state index < -0.39 is 0 Å². The summed E-state index contributed by atoms with van der Waals surface area (Å²) in [7, 11) is 0. The molecule has 84 valence electrons. The lowest BCUT2D eigenvalue weighted by Crippen LogP contribution is -2.18. The molecule has 0 rings (SSSR count). The van der Waals surface area contributed by atoms with Crippen LogP contribution in [0.25, 0.3) is 0 Å². The van der Waals surface area contributed by atoms with Crippen LogP contribution in [0, 0.1) is 11.8 Å². The van der Waals surface area contributed by atoms with E-state index in [1.165, 1.54) is 0 Å². The standard InChI is InChI=1S/C12H24O2/c1-5-7-11(6-2)12(13)14-9-8-10(3)4/h10-11H,5-9H2,1-4H3. The van der Waals surface area contributed by atoms with Crippen molar-refractivity contribution in [1.29, 1.82) is 0 Å². The molecule has 0 aliphatic carbocycles. The highest BCUT2D eigenvalue weighted by molar-refractivity contribution is 5.72. The summed E-state index contributed by atoms with van der Waals surface area (Å²) >= 11 is 0. The van der Waals surface area contributed by atoms with E-state index in [-0.39, 0.29) is 11.9 Å². The van der Waals surface area contributed by atoms with Crippen LogP contribution in [0.5, 0.6) is 0 Å². The molecule has 0 saturated heterocycles. The van der Waals surface area contributed by atoms with Crippen LogP contribution in [0.3, 0.4) is 0 Å². The molecule has 0 fully saturated rings. The zero-order chi connectivity index (χ0) is 11.0. The summed E-state index contributed by atoms with van der Waals surface area (Å²) in [5.74, 6) is 0.719. The lowest BCUT2D eigenvalue weighted by atomic mass is 10.0. The molecule has 0 radical (unpaired) electrons. The smallest absolute Gasteiger partial charge is 0.308 e. The Balaban J connectivity index is 3.69. The van der Waals surface area contributed by atoms with Crippen molar-refractivity contribution in [2.75, 3.05) is 6.61 Å². The van der Waals surface area contributed by atoms with Crippen molar-refractivity contribution in [2.24, 2.45) is 11.8 Å². The quantitative estimate of drug-likeness (QED) is 0.589. The summed E-state index contributed by atoms with van der Waals surface area (Å²) in [5.41, 5.74) is 0. The Morgan fingerprint density at radius 2 is 1.86 bits per heavy atom. The minimum Gasteiger partial charge on any atom is -0.465 e. The van der Waals surface area contributed by atoms with E-state index in [4.69, 9.17) is 4.74 Å². The number of rotatable bonds is 7. The van der Waals surface area contributed by atoms with Crippen LogP contribution < -0.4 is 0 Å². The molecule has 2 heteroatoms. The van der Waals surface area contributed by atoms with Gasteiger partial charge in [-0.25, -0.2) is 0 Å². The van der Waals surface area contributed by atoms with Gasteiger partial charge >= 0.3 is 5.97 Å². The van der Waals surface area contributed by atoms with Crippen molar-refractivity contribution in [3.63, 3.8) is 0 Å². The molecule has 14 heavy (non-hydrogen) atoms.